The van der Waals surface area contributed by atoms with Gasteiger partial charge in [0.1, 0.15) is 0 Å². The molecule has 0 saturated heterocycles. The van der Waals surface area contributed by atoms with E-state index in [0.717, 1.165) is 35.6 Å². The fourth-order valence-corrected chi connectivity index (χ4v) is 11.1. The molecule has 13 rings (SSSR count). The number of fused-ring (bicyclic) bond motifs is 12. The van der Waals surface area contributed by atoms with Crippen LogP contribution in [0, 0.1) is 0 Å². The average Bonchev–Trinajstić information content (AvgIpc) is 3.83. The van der Waals surface area contributed by atoms with Crippen LogP contribution in [-0.4, -0.2) is 0 Å². The van der Waals surface area contributed by atoms with Crippen molar-refractivity contribution in [1.82, 2.24) is 0 Å². The lowest BCUT2D eigenvalue weighted by Gasteiger charge is -2.44. The van der Waals surface area contributed by atoms with Gasteiger partial charge in [-0.2, -0.15) is 0 Å². The molecule has 0 aromatic heterocycles. The monoisotopic (exact) mass is 802 g/mol. The SMILES string of the molecule is C1=C2C(=CCC1)N(c1ccc(-c3ccccc3)cc1)c1cc(-c3ccc4c(c3)C3(c5ccccc5-c5ccccc53)c3ccccc3-4)ccc1N2c1ccc(-c2ccccc2)cc1. The first kappa shape index (κ1) is 35.8. The molecule has 0 bridgehead atoms. The lowest BCUT2D eigenvalue weighted by Crippen LogP contribution is -2.33. The van der Waals surface area contributed by atoms with Crippen molar-refractivity contribution >= 4 is 22.7 Å². The number of hydrogen-bond donors (Lipinski definition) is 0. The maximum atomic E-state index is 2.50. The third kappa shape index (κ3) is 5.31. The van der Waals surface area contributed by atoms with Crippen molar-refractivity contribution in [2.24, 2.45) is 0 Å². The van der Waals surface area contributed by atoms with Crippen molar-refractivity contribution in [2.45, 2.75) is 18.3 Å². The molecule has 0 amide bonds. The highest BCUT2D eigenvalue weighted by Crippen LogP contribution is 2.63. The molecule has 0 unspecified atom stereocenters. The van der Waals surface area contributed by atoms with Gasteiger partial charge >= 0.3 is 0 Å². The van der Waals surface area contributed by atoms with Crippen LogP contribution in [0.5, 0.6) is 0 Å². The maximum Gasteiger partial charge on any atom is 0.0725 e. The van der Waals surface area contributed by atoms with E-state index in [-0.39, 0.29) is 0 Å². The van der Waals surface area contributed by atoms with Gasteiger partial charge in [0.05, 0.1) is 28.2 Å². The molecule has 4 aliphatic rings. The van der Waals surface area contributed by atoms with E-state index in [9.17, 15) is 0 Å². The molecule has 0 fully saturated rings. The molecule has 63 heavy (non-hydrogen) atoms. The molecule has 9 aromatic rings. The van der Waals surface area contributed by atoms with Gasteiger partial charge in [0.2, 0.25) is 0 Å². The van der Waals surface area contributed by atoms with E-state index in [4.69, 9.17) is 0 Å². The highest BCUT2D eigenvalue weighted by atomic mass is 15.3. The molecule has 3 aliphatic carbocycles. The minimum absolute atomic E-state index is 0.398. The number of benzene rings is 9. The van der Waals surface area contributed by atoms with Crippen molar-refractivity contribution in [3.63, 3.8) is 0 Å². The van der Waals surface area contributed by atoms with E-state index in [0.29, 0.717) is 0 Å². The first-order valence-electron chi connectivity index (χ1n) is 22.2. The fraction of sp³-hybridized carbons (Fsp3) is 0.0492. The third-order valence-electron chi connectivity index (χ3n) is 13.8. The number of allylic oxidation sites excluding steroid dienone is 2. The van der Waals surface area contributed by atoms with Crippen molar-refractivity contribution in [3.8, 4) is 55.6 Å². The smallest absolute Gasteiger partial charge is 0.0725 e. The molecule has 0 saturated carbocycles. The fourth-order valence-electron chi connectivity index (χ4n) is 11.1. The Morgan fingerprint density at radius 1 is 0.286 bits per heavy atom. The molecule has 1 spiro atoms. The minimum atomic E-state index is -0.398. The van der Waals surface area contributed by atoms with Gasteiger partial charge in [-0.05, 0) is 133 Å². The van der Waals surface area contributed by atoms with Gasteiger partial charge in [0.15, 0.2) is 0 Å². The van der Waals surface area contributed by atoms with Gasteiger partial charge in [0, 0.05) is 11.4 Å². The largest absolute Gasteiger partial charge is 0.307 e. The Morgan fingerprint density at radius 3 is 1.17 bits per heavy atom. The summed E-state index contributed by atoms with van der Waals surface area (Å²) in [6.45, 7) is 0. The normalized spacial score (nSPS) is 14.8. The van der Waals surface area contributed by atoms with Crippen molar-refractivity contribution in [3.05, 3.63) is 264 Å². The van der Waals surface area contributed by atoms with Gasteiger partial charge in [-0.15, -0.1) is 0 Å². The van der Waals surface area contributed by atoms with Gasteiger partial charge in [-0.1, -0.05) is 188 Å². The predicted molar refractivity (Wildman–Crippen MR) is 262 cm³/mol. The highest BCUT2D eigenvalue weighted by Gasteiger charge is 2.51. The standard InChI is InChI=1S/C61H42N2/c1-3-15-41(16-4-1)43-27-33-47(34-28-43)62-57-25-13-14-26-58(57)63(48-35-29-44(30-36-48)42-17-5-2-6-18-42)60-40-46(32-38-59(60)62)45-31-37-52-51-21-9-12-24-55(51)61(56(52)39-45)53-22-10-7-19-49(53)50-20-8-11-23-54(50)61/h1-12,15-40H,13-14H2. The quantitative estimate of drug-likeness (QED) is 0.171. The second-order valence-electron chi connectivity index (χ2n) is 17.1. The minimum Gasteiger partial charge on any atom is -0.307 e. The van der Waals surface area contributed by atoms with Crippen LogP contribution < -0.4 is 9.80 Å². The summed E-state index contributed by atoms with van der Waals surface area (Å²) in [5.41, 5.74) is 24.6. The van der Waals surface area contributed by atoms with Crippen LogP contribution >= 0.6 is 0 Å². The van der Waals surface area contributed by atoms with Crippen LogP contribution in [0.25, 0.3) is 55.6 Å². The van der Waals surface area contributed by atoms with Crippen molar-refractivity contribution in [2.75, 3.05) is 9.80 Å². The summed E-state index contributed by atoms with van der Waals surface area (Å²) in [5, 5.41) is 0. The third-order valence-corrected chi connectivity index (χ3v) is 13.8. The van der Waals surface area contributed by atoms with Gasteiger partial charge in [-0.25, -0.2) is 0 Å². The van der Waals surface area contributed by atoms with E-state index in [1.165, 1.54) is 89.3 Å². The topological polar surface area (TPSA) is 6.48 Å². The Morgan fingerprint density at radius 2 is 0.667 bits per heavy atom. The summed E-state index contributed by atoms with van der Waals surface area (Å²) in [6.07, 6.45) is 6.85. The lowest BCUT2D eigenvalue weighted by atomic mass is 9.70. The predicted octanol–water partition coefficient (Wildman–Crippen LogP) is 15.9. The average molecular weight is 803 g/mol. The van der Waals surface area contributed by atoms with Gasteiger partial charge in [0.25, 0.3) is 0 Å². The molecule has 2 nitrogen and oxygen atoms in total. The highest BCUT2D eigenvalue weighted by molar-refractivity contribution is 5.98. The first-order chi connectivity index (χ1) is 31.3. The Labute approximate surface area is 369 Å². The van der Waals surface area contributed by atoms with Crippen molar-refractivity contribution < 1.29 is 0 Å². The Balaban J connectivity index is 1.00. The second-order valence-corrected chi connectivity index (χ2v) is 17.1. The van der Waals surface area contributed by atoms with E-state index >= 15 is 0 Å². The Kier molecular flexibility index (Phi) is 7.98. The number of hydrogen-bond acceptors (Lipinski definition) is 2. The zero-order valence-electron chi connectivity index (χ0n) is 34.7. The molecule has 0 radical (unpaired) electrons. The summed E-state index contributed by atoms with van der Waals surface area (Å²) in [6, 6.07) is 81.1. The molecule has 0 atom stereocenters. The van der Waals surface area contributed by atoms with Crippen LogP contribution in [0.3, 0.4) is 0 Å². The summed E-state index contributed by atoms with van der Waals surface area (Å²) in [7, 11) is 0. The molecular formula is C61H42N2. The molecule has 296 valence electrons. The Hall–Kier alpha value is -7.94. The number of rotatable bonds is 5. The molecule has 2 heteroatoms. The Bertz CT molecular complexity index is 3260. The number of nitrogens with zero attached hydrogens (tertiary/aromatic N) is 2. The molecule has 1 heterocycles. The van der Waals surface area contributed by atoms with E-state index in [1.54, 1.807) is 0 Å². The molecular weight excluding hydrogens is 761 g/mol. The number of anilines is 4. The van der Waals surface area contributed by atoms with Crippen LogP contribution in [0.4, 0.5) is 22.7 Å². The van der Waals surface area contributed by atoms with Crippen LogP contribution in [0.1, 0.15) is 35.1 Å². The van der Waals surface area contributed by atoms with Crippen LogP contribution in [-0.2, 0) is 5.41 Å². The zero-order valence-corrected chi connectivity index (χ0v) is 34.7. The lowest BCUT2D eigenvalue weighted by molar-refractivity contribution is 0.794. The summed E-state index contributed by atoms with van der Waals surface area (Å²) in [5.74, 6) is 0. The molecule has 0 N–H and O–H groups in total. The van der Waals surface area contributed by atoms with Crippen LogP contribution in [0.15, 0.2) is 242 Å². The van der Waals surface area contributed by atoms with E-state index in [1.807, 2.05) is 0 Å². The van der Waals surface area contributed by atoms with Gasteiger partial charge < -0.3 is 9.80 Å². The summed E-state index contributed by atoms with van der Waals surface area (Å²) in [4.78, 5) is 4.98. The second kappa shape index (κ2) is 14.1. The van der Waals surface area contributed by atoms with Gasteiger partial charge in [-0.3, -0.25) is 0 Å². The van der Waals surface area contributed by atoms with Crippen molar-refractivity contribution in [1.29, 1.82) is 0 Å². The molecule has 9 aromatic carbocycles. The van der Waals surface area contributed by atoms with E-state index < -0.39 is 5.41 Å². The summed E-state index contributed by atoms with van der Waals surface area (Å²) < 4.78 is 0. The summed E-state index contributed by atoms with van der Waals surface area (Å²) >= 11 is 0. The molecule has 1 aliphatic heterocycles. The van der Waals surface area contributed by atoms with Crippen LogP contribution in [0.2, 0.25) is 0 Å². The van der Waals surface area contributed by atoms with E-state index in [2.05, 4.69) is 240 Å². The zero-order chi connectivity index (χ0) is 41.5. The maximum absolute atomic E-state index is 2.50. The first-order valence-corrected chi connectivity index (χ1v) is 22.2.